The Bertz CT molecular complexity index is 493. The van der Waals surface area contributed by atoms with E-state index in [0.29, 0.717) is 12.1 Å². The number of methoxy groups -OCH3 is 2. The molecular formula is C14H21N3O3. The highest BCUT2D eigenvalue weighted by atomic mass is 16.5. The van der Waals surface area contributed by atoms with Crippen LogP contribution in [0, 0.1) is 6.92 Å². The van der Waals surface area contributed by atoms with Crippen LogP contribution in [-0.4, -0.2) is 50.4 Å². The van der Waals surface area contributed by atoms with Crippen molar-refractivity contribution in [1.82, 2.24) is 4.98 Å². The first kappa shape index (κ1) is 14.7. The number of pyridine rings is 1. The van der Waals surface area contributed by atoms with Gasteiger partial charge < -0.3 is 20.1 Å². The summed E-state index contributed by atoms with van der Waals surface area (Å²) in [7, 11) is 3.04. The van der Waals surface area contributed by atoms with Crippen LogP contribution < -0.4 is 10.6 Å². The zero-order valence-corrected chi connectivity index (χ0v) is 12.1. The number of nitrogens with two attached hydrogens (primary N) is 1. The molecule has 20 heavy (non-hydrogen) atoms. The molecule has 0 unspecified atom stereocenters. The molecule has 0 radical (unpaired) electrons. The first-order valence-electron chi connectivity index (χ1n) is 6.65. The third-order valence-electron chi connectivity index (χ3n) is 3.60. The maximum Gasteiger partial charge on any atom is 0.338 e. The van der Waals surface area contributed by atoms with Crippen molar-refractivity contribution >= 4 is 11.8 Å². The SMILES string of the molecule is COC(=O)c1cc(C)nc(N2CC[C@@H](N)[C@@H](OC)C2)c1. The molecule has 0 aliphatic carbocycles. The van der Waals surface area contributed by atoms with E-state index in [9.17, 15) is 4.79 Å². The second-order valence-corrected chi connectivity index (χ2v) is 5.02. The van der Waals surface area contributed by atoms with Crippen LogP contribution in [0.15, 0.2) is 12.1 Å². The number of esters is 1. The number of hydrogen-bond donors (Lipinski definition) is 1. The van der Waals surface area contributed by atoms with E-state index >= 15 is 0 Å². The van der Waals surface area contributed by atoms with Gasteiger partial charge in [0.1, 0.15) is 5.82 Å². The highest BCUT2D eigenvalue weighted by Gasteiger charge is 2.27. The maximum atomic E-state index is 11.7. The van der Waals surface area contributed by atoms with Crippen LogP contribution in [0.3, 0.4) is 0 Å². The number of nitrogens with zero attached hydrogens (tertiary/aromatic N) is 2. The van der Waals surface area contributed by atoms with Gasteiger partial charge in [0, 0.05) is 31.9 Å². The van der Waals surface area contributed by atoms with Crippen molar-refractivity contribution in [2.75, 3.05) is 32.2 Å². The van der Waals surface area contributed by atoms with E-state index in [1.54, 1.807) is 19.2 Å². The van der Waals surface area contributed by atoms with Gasteiger partial charge >= 0.3 is 5.97 Å². The number of aryl methyl sites for hydroxylation is 1. The van der Waals surface area contributed by atoms with E-state index in [4.69, 9.17) is 15.2 Å². The van der Waals surface area contributed by atoms with Gasteiger partial charge in [-0.2, -0.15) is 0 Å². The molecule has 0 spiro atoms. The Hall–Kier alpha value is -1.66. The molecule has 0 bridgehead atoms. The minimum Gasteiger partial charge on any atom is -0.465 e. The average molecular weight is 279 g/mol. The number of carbonyl (C=O) groups excluding carboxylic acids is 1. The lowest BCUT2D eigenvalue weighted by molar-refractivity contribution is 0.0600. The highest BCUT2D eigenvalue weighted by molar-refractivity contribution is 5.90. The van der Waals surface area contributed by atoms with Crippen LogP contribution in [0.2, 0.25) is 0 Å². The summed E-state index contributed by atoms with van der Waals surface area (Å²) in [6.07, 6.45) is 0.814. The van der Waals surface area contributed by atoms with Crippen molar-refractivity contribution in [1.29, 1.82) is 0 Å². The zero-order chi connectivity index (χ0) is 14.7. The number of piperidine rings is 1. The first-order chi connectivity index (χ1) is 9.55. The molecule has 6 heteroatoms. The van der Waals surface area contributed by atoms with Gasteiger partial charge in [-0.25, -0.2) is 9.78 Å². The zero-order valence-electron chi connectivity index (χ0n) is 12.1. The molecular weight excluding hydrogens is 258 g/mol. The van der Waals surface area contributed by atoms with Crippen LogP contribution in [-0.2, 0) is 9.47 Å². The Morgan fingerprint density at radius 2 is 2.20 bits per heavy atom. The number of ether oxygens (including phenoxy) is 2. The van der Waals surface area contributed by atoms with Crippen LogP contribution in [0.1, 0.15) is 22.5 Å². The summed E-state index contributed by atoms with van der Waals surface area (Å²) in [5.74, 6) is 0.410. The number of carbonyl (C=O) groups is 1. The van der Waals surface area contributed by atoms with Crippen molar-refractivity contribution in [2.24, 2.45) is 5.73 Å². The molecule has 1 aromatic rings. The van der Waals surface area contributed by atoms with Gasteiger partial charge in [0.2, 0.25) is 0 Å². The lowest BCUT2D eigenvalue weighted by atomic mass is 10.0. The fourth-order valence-electron chi connectivity index (χ4n) is 2.44. The third kappa shape index (κ3) is 3.08. The summed E-state index contributed by atoms with van der Waals surface area (Å²) in [5, 5.41) is 0. The molecule has 0 amide bonds. The smallest absolute Gasteiger partial charge is 0.338 e. The molecule has 1 aliphatic heterocycles. The van der Waals surface area contributed by atoms with Crippen molar-refractivity contribution in [3.05, 3.63) is 23.4 Å². The van der Waals surface area contributed by atoms with Crippen molar-refractivity contribution in [2.45, 2.75) is 25.5 Å². The standard InChI is InChI=1S/C14H21N3O3/c1-9-6-10(14(18)20-3)7-13(16-9)17-5-4-11(15)12(8-17)19-2/h6-7,11-12H,4-5,8,15H2,1-3H3/t11-,12+/m1/s1. The van der Waals surface area contributed by atoms with E-state index in [1.807, 2.05) is 6.92 Å². The minimum atomic E-state index is -0.353. The van der Waals surface area contributed by atoms with Crippen LogP contribution >= 0.6 is 0 Å². The summed E-state index contributed by atoms with van der Waals surface area (Å²) in [5.41, 5.74) is 7.31. The average Bonchev–Trinajstić information content (AvgIpc) is 2.46. The van der Waals surface area contributed by atoms with Crippen molar-refractivity contribution in [3.8, 4) is 0 Å². The predicted octanol–water partition coefficient (Wildman–Crippen LogP) is 0.729. The lowest BCUT2D eigenvalue weighted by Crippen LogP contribution is -2.51. The molecule has 1 fully saturated rings. The molecule has 2 N–H and O–H groups in total. The quantitative estimate of drug-likeness (QED) is 0.822. The maximum absolute atomic E-state index is 11.7. The Balaban J connectivity index is 2.24. The molecule has 1 aromatic heterocycles. The monoisotopic (exact) mass is 279 g/mol. The van der Waals surface area contributed by atoms with E-state index in [1.165, 1.54) is 7.11 Å². The van der Waals surface area contributed by atoms with Gasteiger partial charge in [0.25, 0.3) is 0 Å². The van der Waals surface area contributed by atoms with Crippen molar-refractivity contribution in [3.63, 3.8) is 0 Å². The lowest BCUT2D eigenvalue weighted by Gasteiger charge is -2.36. The second kappa shape index (κ2) is 6.19. The summed E-state index contributed by atoms with van der Waals surface area (Å²) < 4.78 is 10.2. The van der Waals surface area contributed by atoms with E-state index in [0.717, 1.165) is 24.5 Å². The summed E-state index contributed by atoms with van der Waals surface area (Å²) >= 11 is 0. The van der Waals surface area contributed by atoms with Gasteiger partial charge in [-0.15, -0.1) is 0 Å². The van der Waals surface area contributed by atoms with Gasteiger partial charge in [0.15, 0.2) is 0 Å². The second-order valence-electron chi connectivity index (χ2n) is 5.02. The number of rotatable bonds is 3. The molecule has 1 aliphatic rings. The molecule has 2 heterocycles. The number of hydrogen-bond acceptors (Lipinski definition) is 6. The molecule has 2 atom stereocenters. The topological polar surface area (TPSA) is 77.7 Å². The third-order valence-corrected chi connectivity index (χ3v) is 3.60. The molecule has 0 saturated carbocycles. The largest absolute Gasteiger partial charge is 0.465 e. The molecule has 0 aromatic carbocycles. The van der Waals surface area contributed by atoms with E-state index in [-0.39, 0.29) is 18.1 Å². The highest BCUT2D eigenvalue weighted by Crippen LogP contribution is 2.21. The van der Waals surface area contributed by atoms with Crippen LogP contribution in [0.5, 0.6) is 0 Å². The fourth-order valence-corrected chi connectivity index (χ4v) is 2.44. The van der Waals surface area contributed by atoms with Gasteiger partial charge in [-0.1, -0.05) is 0 Å². The Labute approximate surface area is 118 Å². The summed E-state index contributed by atoms with van der Waals surface area (Å²) in [6, 6.07) is 3.52. The van der Waals surface area contributed by atoms with Gasteiger partial charge in [0.05, 0.1) is 18.8 Å². The summed E-state index contributed by atoms with van der Waals surface area (Å²) in [4.78, 5) is 18.2. The number of anilines is 1. The number of aromatic nitrogens is 1. The Morgan fingerprint density at radius 1 is 1.45 bits per heavy atom. The molecule has 2 rings (SSSR count). The Kier molecular flexibility index (Phi) is 4.57. The minimum absolute atomic E-state index is 0.0207. The van der Waals surface area contributed by atoms with Crippen LogP contribution in [0.4, 0.5) is 5.82 Å². The van der Waals surface area contributed by atoms with Gasteiger partial charge in [-0.05, 0) is 25.5 Å². The first-order valence-corrected chi connectivity index (χ1v) is 6.65. The van der Waals surface area contributed by atoms with Crippen molar-refractivity contribution < 1.29 is 14.3 Å². The molecule has 6 nitrogen and oxygen atoms in total. The van der Waals surface area contributed by atoms with E-state index < -0.39 is 0 Å². The van der Waals surface area contributed by atoms with E-state index in [2.05, 4.69) is 9.88 Å². The fraction of sp³-hybridized carbons (Fsp3) is 0.571. The summed E-state index contributed by atoms with van der Waals surface area (Å²) in [6.45, 7) is 3.34. The van der Waals surface area contributed by atoms with Crippen LogP contribution in [0.25, 0.3) is 0 Å². The predicted molar refractivity (Wildman–Crippen MR) is 75.9 cm³/mol. The molecule has 110 valence electrons. The molecule has 1 saturated heterocycles. The Morgan fingerprint density at radius 3 is 2.85 bits per heavy atom. The normalized spacial score (nSPS) is 22.7. The van der Waals surface area contributed by atoms with Gasteiger partial charge in [-0.3, -0.25) is 0 Å².